The largest absolute Gasteiger partial charge is 0.497 e. The minimum absolute atomic E-state index is 0.00336. The van der Waals surface area contributed by atoms with Gasteiger partial charge in [-0.25, -0.2) is 0 Å². The third kappa shape index (κ3) is 4.60. The first-order valence-electron chi connectivity index (χ1n) is 7.01. The third-order valence-electron chi connectivity index (χ3n) is 3.38. The Morgan fingerprint density at radius 2 is 1.86 bits per heavy atom. The van der Waals surface area contributed by atoms with E-state index < -0.39 is 0 Å². The molecule has 2 rings (SSSR count). The number of benzene rings is 1. The summed E-state index contributed by atoms with van der Waals surface area (Å²) < 4.78 is 5.11. The molecule has 1 aromatic carbocycles. The number of carbonyl (C=O) groups excluding carboxylic acids is 1. The van der Waals surface area contributed by atoms with E-state index in [4.69, 9.17) is 4.74 Å². The van der Waals surface area contributed by atoms with Crippen molar-refractivity contribution < 1.29 is 9.53 Å². The van der Waals surface area contributed by atoms with E-state index in [2.05, 4.69) is 10.3 Å². The number of aromatic nitrogens is 1. The Kier molecular flexibility index (Phi) is 5.32. The standard InChI is InChI=1S/C17H20N2O2/c1-13(15-9-11-18-12-10-15)19-17(20)8-5-14-3-6-16(21-2)7-4-14/h3-4,6-7,9-13H,5,8H2,1-2H3,(H,19,20)/t13-/m1/s1. The number of amides is 1. The highest BCUT2D eigenvalue weighted by molar-refractivity contribution is 5.76. The number of hydrogen-bond acceptors (Lipinski definition) is 3. The molecule has 1 amide bonds. The van der Waals surface area contributed by atoms with Crippen LogP contribution in [0, 0.1) is 0 Å². The SMILES string of the molecule is COc1ccc(CCC(=O)N[C@H](C)c2ccncc2)cc1. The molecule has 0 radical (unpaired) electrons. The Morgan fingerprint density at radius 3 is 2.48 bits per heavy atom. The van der Waals surface area contributed by atoms with Gasteiger partial charge < -0.3 is 10.1 Å². The van der Waals surface area contributed by atoms with Gasteiger partial charge in [-0.2, -0.15) is 0 Å². The predicted molar refractivity (Wildman–Crippen MR) is 82.1 cm³/mol. The molecule has 4 heteroatoms. The van der Waals surface area contributed by atoms with E-state index in [0.717, 1.165) is 23.3 Å². The number of pyridine rings is 1. The van der Waals surface area contributed by atoms with Gasteiger partial charge in [0.05, 0.1) is 13.2 Å². The highest BCUT2D eigenvalue weighted by atomic mass is 16.5. The molecule has 0 saturated carbocycles. The van der Waals surface area contributed by atoms with Crippen LogP contribution in [-0.2, 0) is 11.2 Å². The van der Waals surface area contributed by atoms with Gasteiger partial charge in [-0.15, -0.1) is 0 Å². The van der Waals surface area contributed by atoms with Crippen LogP contribution < -0.4 is 10.1 Å². The Bertz CT molecular complexity index is 567. The Balaban J connectivity index is 1.81. The van der Waals surface area contributed by atoms with E-state index in [1.807, 2.05) is 43.3 Å². The number of aryl methyl sites for hydroxylation is 1. The van der Waals surface area contributed by atoms with E-state index in [1.165, 1.54) is 0 Å². The maximum atomic E-state index is 12.0. The van der Waals surface area contributed by atoms with Gasteiger partial charge in [0.25, 0.3) is 0 Å². The first-order valence-corrected chi connectivity index (χ1v) is 7.01. The maximum absolute atomic E-state index is 12.0. The van der Waals surface area contributed by atoms with Crippen molar-refractivity contribution in [3.05, 3.63) is 59.9 Å². The van der Waals surface area contributed by atoms with Gasteiger partial charge in [0.1, 0.15) is 5.75 Å². The maximum Gasteiger partial charge on any atom is 0.220 e. The molecule has 110 valence electrons. The van der Waals surface area contributed by atoms with Crippen LogP contribution >= 0.6 is 0 Å². The van der Waals surface area contributed by atoms with Crippen LogP contribution in [0.2, 0.25) is 0 Å². The zero-order chi connectivity index (χ0) is 15.1. The van der Waals surface area contributed by atoms with Crippen LogP contribution in [0.1, 0.15) is 30.5 Å². The number of rotatable bonds is 6. The first kappa shape index (κ1) is 15.0. The quantitative estimate of drug-likeness (QED) is 0.887. The van der Waals surface area contributed by atoms with Crippen molar-refractivity contribution in [2.24, 2.45) is 0 Å². The lowest BCUT2D eigenvalue weighted by molar-refractivity contribution is -0.121. The van der Waals surface area contributed by atoms with Crippen LogP contribution in [0.15, 0.2) is 48.8 Å². The van der Waals surface area contributed by atoms with E-state index in [0.29, 0.717) is 6.42 Å². The van der Waals surface area contributed by atoms with Gasteiger partial charge in [-0.3, -0.25) is 9.78 Å². The zero-order valence-electron chi connectivity index (χ0n) is 12.4. The number of carbonyl (C=O) groups is 1. The van der Waals surface area contributed by atoms with Crippen LogP contribution in [0.3, 0.4) is 0 Å². The van der Waals surface area contributed by atoms with Crippen molar-refractivity contribution >= 4 is 5.91 Å². The molecule has 0 aliphatic carbocycles. The Labute approximate surface area is 125 Å². The summed E-state index contributed by atoms with van der Waals surface area (Å²) in [4.78, 5) is 15.9. The number of methoxy groups -OCH3 is 1. The molecule has 0 unspecified atom stereocenters. The minimum Gasteiger partial charge on any atom is -0.497 e. The number of hydrogen-bond donors (Lipinski definition) is 1. The van der Waals surface area contributed by atoms with Gasteiger partial charge in [-0.1, -0.05) is 12.1 Å². The lowest BCUT2D eigenvalue weighted by Crippen LogP contribution is -2.26. The molecule has 21 heavy (non-hydrogen) atoms. The lowest BCUT2D eigenvalue weighted by atomic mass is 10.1. The fraction of sp³-hybridized carbons (Fsp3) is 0.294. The van der Waals surface area contributed by atoms with Crippen molar-refractivity contribution in [1.82, 2.24) is 10.3 Å². The average molecular weight is 284 g/mol. The summed E-state index contributed by atoms with van der Waals surface area (Å²) in [6.07, 6.45) is 4.66. The average Bonchev–Trinajstić information content (AvgIpc) is 2.54. The smallest absolute Gasteiger partial charge is 0.220 e. The van der Waals surface area contributed by atoms with Gasteiger partial charge in [0, 0.05) is 18.8 Å². The van der Waals surface area contributed by atoms with Gasteiger partial charge in [0.2, 0.25) is 5.91 Å². The lowest BCUT2D eigenvalue weighted by Gasteiger charge is -2.14. The summed E-state index contributed by atoms with van der Waals surface area (Å²) in [5.41, 5.74) is 2.19. The predicted octanol–water partition coefficient (Wildman–Crippen LogP) is 2.90. The van der Waals surface area contributed by atoms with E-state index >= 15 is 0 Å². The second-order valence-electron chi connectivity index (χ2n) is 4.92. The van der Waals surface area contributed by atoms with Crippen molar-refractivity contribution in [1.29, 1.82) is 0 Å². The zero-order valence-corrected chi connectivity index (χ0v) is 12.4. The summed E-state index contributed by atoms with van der Waals surface area (Å²) in [5.74, 6) is 0.879. The van der Waals surface area contributed by atoms with E-state index in [-0.39, 0.29) is 11.9 Å². The fourth-order valence-corrected chi connectivity index (χ4v) is 2.10. The molecule has 2 aromatic rings. The van der Waals surface area contributed by atoms with Gasteiger partial charge in [0.15, 0.2) is 0 Å². The number of nitrogens with one attached hydrogen (secondary N) is 1. The van der Waals surface area contributed by atoms with Crippen molar-refractivity contribution in [3.63, 3.8) is 0 Å². The molecule has 1 heterocycles. The monoisotopic (exact) mass is 284 g/mol. The molecule has 0 aliphatic heterocycles. The highest BCUT2D eigenvalue weighted by Gasteiger charge is 2.09. The van der Waals surface area contributed by atoms with Crippen LogP contribution in [0.4, 0.5) is 0 Å². The molecule has 0 fully saturated rings. The molecular weight excluding hydrogens is 264 g/mol. The van der Waals surface area contributed by atoms with Crippen LogP contribution in [0.5, 0.6) is 5.75 Å². The first-order chi connectivity index (χ1) is 10.2. The minimum atomic E-state index is -0.00336. The second kappa shape index (κ2) is 7.43. The summed E-state index contributed by atoms with van der Waals surface area (Å²) in [6, 6.07) is 11.6. The summed E-state index contributed by atoms with van der Waals surface area (Å²) in [7, 11) is 1.64. The van der Waals surface area contributed by atoms with Crippen LogP contribution in [-0.4, -0.2) is 18.0 Å². The van der Waals surface area contributed by atoms with Gasteiger partial charge in [-0.05, 0) is 48.7 Å². The molecule has 4 nitrogen and oxygen atoms in total. The molecule has 1 aromatic heterocycles. The molecular formula is C17H20N2O2. The molecule has 1 N–H and O–H groups in total. The Morgan fingerprint density at radius 1 is 1.19 bits per heavy atom. The van der Waals surface area contributed by atoms with Crippen molar-refractivity contribution in [3.8, 4) is 5.75 Å². The van der Waals surface area contributed by atoms with E-state index in [9.17, 15) is 4.79 Å². The van der Waals surface area contributed by atoms with Crippen LogP contribution in [0.25, 0.3) is 0 Å². The summed E-state index contributed by atoms with van der Waals surface area (Å²) in [6.45, 7) is 1.97. The second-order valence-corrected chi connectivity index (χ2v) is 4.92. The summed E-state index contributed by atoms with van der Waals surface area (Å²) in [5, 5.41) is 3.00. The molecule has 0 saturated heterocycles. The normalized spacial score (nSPS) is 11.7. The molecule has 0 bridgehead atoms. The third-order valence-corrected chi connectivity index (χ3v) is 3.38. The molecule has 0 aliphatic rings. The highest BCUT2D eigenvalue weighted by Crippen LogP contribution is 2.13. The molecule has 1 atom stereocenters. The fourth-order valence-electron chi connectivity index (χ4n) is 2.10. The summed E-state index contributed by atoms with van der Waals surface area (Å²) >= 11 is 0. The topological polar surface area (TPSA) is 51.2 Å². The van der Waals surface area contributed by atoms with Crippen molar-refractivity contribution in [2.45, 2.75) is 25.8 Å². The van der Waals surface area contributed by atoms with Gasteiger partial charge >= 0.3 is 0 Å². The van der Waals surface area contributed by atoms with Crippen molar-refractivity contribution in [2.75, 3.05) is 7.11 Å². The van der Waals surface area contributed by atoms with E-state index in [1.54, 1.807) is 19.5 Å². The number of nitrogens with zero attached hydrogens (tertiary/aromatic N) is 1. The molecule has 0 spiro atoms. The number of ether oxygens (including phenoxy) is 1. The Hall–Kier alpha value is -2.36.